The predicted octanol–water partition coefficient (Wildman–Crippen LogP) is 7.29. The van der Waals surface area contributed by atoms with Crippen molar-refractivity contribution in [2.24, 2.45) is 16.8 Å². The van der Waals surface area contributed by atoms with Crippen LogP contribution in [-0.4, -0.2) is 98.4 Å². The highest BCUT2D eigenvalue weighted by Crippen LogP contribution is 2.45. The highest BCUT2D eigenvalue weighted by atomic mass is 16.5. The second kappa shape index (κ2) is 20.2. The second-order valence-corrected chi connectivity index (χ2v) is 18.7. The van der Waals surface area contributed by atoms with E-state index in [1.54, 1.807) is 42.5 Å². The van der Waals surface area contributed by atoms with E-state index in [1.165, 1.54) is 33.0 Å². The van der Waals surface area contributed by atoms with Crippen molar-refractivity contribution < 1.29 is 34.1 Å². The molecule has 4 aliphatic heterocycles. The number of fused-ring (bicyclic) bond motifs is 6. The van der Waals surface area contributed by atoms with E-state index in [1.807, 2.05) is 26.8 Å². The average Bonchev–Trinajstić information content (AvgIpc) is 4.15. The predicted molar refractivity (Wildman–Crippen MR) is 258 cm³/mol. The molecule has 2 fully saturated rings. The van der Waals surface area contributed by atoms with Gasteiger partial charge in [-0.15, -0.1) is 0 Å². The first-order valence-electron chi connectivity index (χ1n) is 23.4. The number of ether oxygens (including phenoxy) is 2. The number of methoxy groups -OCH3 is 1. The lowest BCUT2D eigenvalue weighted by Gasteiger charge is -2.34. The number of aliphatic imine (C=N–C) groups is 1. The molecule has 9 rings (SSSR count). The van der Waals surface area contributed by atoms with Gasteiger partial charge < -0.3 is 45.1 Å². The summed E-state index contributed by atoms with van der Waals surface area (Å²) in [4.78, 5) is 55.7. The molecule has 0 spiro atoms. The third-order valence-corrected chi connectivity index (χ3v) is 13.6. The number of nitrogens with zero attached hydrogens (tertiary/aromatic N) is 4. The molecule has 3 amide bonds. The lowest BCUT2D eigenvalue weighted by molar-refractivity contribution is -0.138. The Morgan fingerprint density at radius 2 is 1.76 bits per heavy atom. The Hall–Kier alpha value is -6.51. The van der Waals surface area contributed by atoms with E-state index < -0.39 is 24.6 Å². The van der Waals surface area contributed by atoms with Crippen LogP contribution in [0.5, 0.6) is 5.75 Å². The fourth-order valence-corrected chi connectivity index (χ4v) is 10.2. The van der Waals surface area contributed by atoms with Crippen molar-refractivity contribution in [3.05, 3.63) is 125 Å². The SMILES string of the molecule is C=C(N[C@H](C(=O)N1[C@@H](C)CC[C@H]1C1=Nc2ccc3cc4c(cc3c2C1)OCc1cc(C)ccc1-4)C(C)C)OC.Cc1cnc([C@@H]2C[C@H](CCO)CN2C(=O)[C@H](NC(=O)CO)c2ccccc2)[nH]1. The van der Waals surface area contributed by atoms with Crippen LogP contribution in [0.25, 0.3) is 21.9 Å². The lowest BCUT2D eigenvalue weighted by Crippen LogP contribution is -2.54. The first-order chi connectivity index (χ1) is 32.3. The van der Waals surface area contributed by atoms with Gasteiger partial charge in [0.05, 0.1) is 24.9 Å². The van der Waals surface area contributed by atoms with E-state index in [9.17, 15) is 19.5 Å². The summed E-state index contributed by atoms with van der Waals surface area (Å²) < 4.78 is 11.5. The molecule has 0 aliphatic carbocycles. The fraction of sp³-hybridized carbons (Fsp3) is 0.415. The highest BCUT2D eigenvalue weighted by molar-refractivity contribution is 6.06. The molecule has 4 aliphatic rings. The number of hydrogen-bond donors (Lipinski definition) is 5. The Balaban J connectivity index is 0.000000192. The molecule has 352 valence electrons. The molecule has 0 unspecified atom stereocenters. The summed E-state index contributed by atoms with van der Waals surface area (Å²) in [7, 11) is 1.56. The number of imidazole rings is 1. The first-order valence-corrected chi connectivity index (χ1v) is 23.4. The maximum atomic E-state index is 13.9. The molecule has 0 saturated carbocycles. The summed E-state index contributed by atoms with van der Waals surface area (Å²) in [5.41, 5.74) is 9.73. The van der Waals surface area contributed by atoms with Gasteiger partial charge in [-0.05, 0) is 116 Å². The van der Waals surface area contributed by atoms with Gasteiger partial charge in [-0.1, -0.05) is 74.0 Å². The van der Waals surface area contributed by atoms with Crippen LogP contribution in [0.15, 0.2) is 96.4 Å². The normalized spacial score (nSPS) is 20.2. The maximum absolute atomic E-state index is 13.9. The molecule has 6 atom stereocenters. The first kappa shape index (κ1) is 47.0. The molecule has 0 radical (unpaired) electrons. The number of aliphatic hydroxyl groups is 2. The Morgan fingerprint density at radius 3 is 2.46 bits per heavy atom. The van der Waals surface area contributed by atoms with Crippen LogP contribution in [-0.2, 0) is 32.1 Å². The van der Waals surface area contributed by atoms with Gasteiger partial charge in [-0.25, -0.2) is 4.98 Å². The van der Waals surface area contributed by atoms with Gasteiger partial charge in [0, 0.05) is 48.8 Å². The summed E-state index contributed by atoms with van der Waals surface area (Å²) in [6.07, 6.45) is 5.63. The number of rotatable bonds is 13. The van der Waals surface area contributed by atoms with Crippen LogP contribution in [0.4, 0.5) is 5.69 Å². The van der Waals surface area contributed by atoms with E-state index in [0.29, 0.717) is 43.3 Å². The molecular formula is C53H63N7O7. The largest absolute Gasteiger partial charge is 0.488 e. The van der Waals surface area contributed by atoms with Crippen molar-refractivity contribution in [2.45, 2.75) is 104 Å². The number of amides is 3. The summed E-state index contributed by atoms with van der Waals surface area (Å²) in [6.45, 7) is 14.6. The number of benzene rings is 4. The number of aliphatic hydroxyl groups excluding tert-OH is 2. The van der Waals surface area contributed by atoms with E-state index in [-0.39, 0.29) is 48.4 Å². The molecule has 2 saturated heterocycles. The maximum Gasteiger partial charge on any atom is 0.250 e. The third kappa shape index (κ3) is 9.82. The van der Waals surface area contributed by atoms with Crippen molar-refractivity contribution in [1.29, 1.82) is 0 Å². The van der Waals surface area contributed by atoms with Gasteiger partial charge in [-0.2, -0.15) is 0 Å². The van der Waals surface area contributed by atoms with Gasteiger partial charge >= 0.3 is 0 Å². The lowest BCUT2D eigenvalue weighted by atomic mass is 9.91. The Morgan fingerprint density at radius 1 is 0.970 bits per heavy atom. The molecule has 14 nitrogen and oxygen atoms in total. The van der Waals surface area contributed by atoms with Gasteiger partial charge in [-0.3, -0.25) is 19.4 Å². The molecule has 5 heterocycles. The van der Waals surface area contributed by atoms with Crippen LogP contribution in [0.2, 0.25) is 0 Å². The number of likely N-dealkylation sites (tertiary alicyclic amines) is 2. The molecule has 4 aromatic carbocycles. The molecule has 5 N–H and O–H groups in total. The number of carbonyl (C=O) groups excluding carboxylic acids is 3. The minimum Gasteiger partial charge on any atom is -0.488 e. The monoisotopic (exact) mass is 909 g/mol. The number of H-pyrrole nitrogens is 1. The number of aromatic nitrogens is 2. The van der Waals surface area contributed by atoms with Gasteiger partial charge in [0.2, 0.25) is 17.7 Å². The Kier molecular flexibility index (Phi) is 14.1. The van der Waals surface area contributed by atoms with Crippen molar-refractivity contribution >= 4 is 39.9 Å². The zero-order valence-corrected chi connectivity index (χ0v) is 39.3. The van der Waals surface area contributed by atoms with Crippen LogP contribution in [0.3, 0.4) is 0 Å². The van der Waals surface area contributed by atoms with E-state index in [4.69, 9.17) is 19.6 Å². The average molecular weight is 910 g/mol. The van der Waals surface area contributed by atoms with Gasteiger partial charge in [0.1, 0.15) is 36.9 Å². The van der Waals surface area contributed by atoms with Crippen LogP contribution >= 0.6 is 0 Å². The zero-order valence-electron chi connectivity index (χ0n) is 39.3. The molecule has 1 aromatic heterocycles. The number of aryl methyl sites for hydroxylation is 2. The van der Waals surface area contributed by atoms with E-state index in [0.717, 1.165) is 47.7 Å². The number of hydrogen-bond acceptors (Lipinski definition) is 10. The quantitative estimate of drug-likeness (QED) is 0.0759. The standard InChI is InChI=1S/C33H37N3O3.C20H26N4O4/c1-18(2)32(34-21(5)38-6)33(37)36-20(4)8-12-30(36)29-15-26-25-16-31-27(14-22(25)9-11-28(26)35-29)24-10-7-19(3)13-23(24)17-39-31;1-13-10-21-19(22-13)16-9-14(7-8-25)11-24(16)20(28)18(23-17(27)12-26)15-5-3-2-4-6-15/h7,9-11,13-14,16,18,20,30,32,34H,5,8,12,15,17H2,1-4,6H3;2-6,10,14,16,18,25-26H,7-9,11-12H2,1H3,(H,21,22)(H,23,27)/t20-,30-,32-;14-,16-,18+/m00/s1. The summed E-state index contributed by atoms with van der Waals surface area (Å²) >= 11 is 0. The summed E-state index contributed by atoms with van der Waals surface area (Å²) in [5.74, 6) is 1.48. The van der Waals surface area contributed by atoms with Crippen LogP contribution in [0, 0.1) is 25.7 Å². The smallest absolute Gasteiger partial charge is 0.250 e. The van der Waals surface area contributed by atoms with Crippen molar-refractivity contribution in [1.82, 2.24) is 30.4 Å². The number of nitrogens with one attached hydrogen (secondary N) is 3. The van der Waals surface area contributed by atoms with Gasteiger partial charge in [0.15, 0.2) is 5.88 Å². The fourth-order valence-electron chi connectivity index (χ4n) is 10.2. The molecular weight excluding hydrogens is 847 g/mol. The Bertz CT molecular complexity index is 2680. The van der Waals surface area contributed by atoms with Crippen molar-refractivity contribution in [2.75, 3.05) is 26.9 Å². The molecule has 67 heavy (non-hydrogen) atoms. The molecule has 0 bridgehead atoms. The number of carbonyl (C=O) groups is 3. The van der Waals surface area contributed by atoms with Crippen molar-refractivity contribution in [3.63, 3.8) is 0 Å². The van der Waals surface area contributed by atoms with Crippen molar-refractivity contribution in [3.8, 4) is 16.9 Å². The topological polar surface area (TPSA) is 182 Å². The Labute approximate surface area is 392 Å². The van der Waals surface area contributed by atoms with Gasteiger partial charge in [0.25, 0.3) is 0 Å². The van der Waals surface area contributed by atoms with Crippen LogP contribution in [0.1, 0.15) is 92.3 Å². The minimum atomic E-state index is -0.896. The summed E-state index contributed by atoms with van der Waals surface area (Å²) in [6, 6.07) is 22.9. The number of aromatic amines is 1. The highest BCUT2D eigenvalue weighted by Gasteiger charge is 2.43. The minimum absolute atomic E-state index is 0.0159. The zero-order chi connectivity index (χ0) is 47.5. The van der Waals surface area contributed by atoms with E-state index >= 15 is 0 Å². The third-order valence-electron chi connectivity index (χ3n) is 13.6. The molecule has 5 aromatic rings. The summed E-state index contributed by atoms with van der Waals surface area (Å²) in [5, 5.41) is 26.7. The molecule has 14 heteroatoms. The van der Waals surface area contributed by atoms with E-state index in [2.05, 4.69) is 88.4 Å². The second-order valence-electron chi connectivity index (χ2n) is 18.7. The van der Waals surface area contributed by atoms with Crippen LogP contribution < -0.4 is 15.4 Å².